The van der Waals surface area contributed by atoms with Gasteiger partial charge < -0.3 is 4.74 Å². The average molecular weight is 250 g/mol. The van der Waals surface area contributed by atoms with Crippen molar-refractivity contribution in [3.05, 3.63) is 72.8 Å². The minimum absolute atomic E-state index is 0.827. The summed E-state index contributed by atoms with van der Waals surface area (Å²) in [6, 6.07) is 15.9. The quantitative estimate of drug-likeness (QED) is 0.691. The minimum atomic E-state index is 0.827. The maximum absolute atomic E-state index is 5.79. The number of rotatable bonds is 4. The van der Waals surface area contributed by atoms with Crippen molar-refractivity contribution < 1.29 is 4.74 Å². The van der Waals surface area contributed by atoms with E-state index in [1.54, 1.807) is 0 Å². The molecule has 0 aliphatic heterocycles. The lowest BCUT2D eigenvalue weighted by molar-refractivity contribution is 0.482. The summed E-state index contributed by atoms with van der Waals surface area (Å²) in [5, 5.41) is 0. The van der Waals surface area contributed by atoms with Crippen molar-refractivity contribution >= 4 is 11.1 Å². The molecule has 0 aliphatic rings. The van der Waals surface area contributed by atoms with E-state index in [0.29, 0.717) is 0 Å². The van der Waals surface area contributed by atoms with Crippen LogP contribution in [-0.4, -0.2) is 0 Å². The van der Waals surface area contributed by atoms with Crippen molar-refractivity contribution in [2.75, 3.05) is 0 Å². The molecule has 0 fully saturated rings. The monoisotopic (exact) mass is 250 g/mol. The first-order valence-corrected chi connectivity index (χ1v) is 6.26. The fraction of sp³-hybridized carbons (Fsp3) is 0.111. The van der Waals surface area contributed by atoms with Gasteiger partial charge in [0.2, 0.25) is 0 Å². The number of allylic oxidation sites excluding steroid dienone is 2. The van der Waals surface area contributed by atoms with Gasteiger partial charge in [0.05, 0.1) is 0 Å². The van der Waals surface area contributed by atoms with Crippen LogP contribution >= 0.6 is 0 Å². The average Bonchev–Trinajstić information content (AvgIpc) is 2.40. The van der Waals surface area contributed by atoms with Gasteiger partial charge in [0.15, 0.2) is 0 Å². The van der Waals surface area contributed by atoms with E-state index in [-0.39, 0.29) is 0 Å². The molecule has 0 N–H and O–H groups in total. The van der Waals surface area contributed by atoms with Gasteiger partial charge in [-0.3, -0.25) is 0 Å². The first-order valence-electron chi connectivity index (χ1n) is 6.26. The van der Waals surface area contributed by atoms with Crippen molar-refractivity contribution in [3.63, 3.8) is 0 Å². The SMILES string of the molecule is C=C(C)c1ccc(Oc2ccc(C(=C)C)cc2)cc1. The summed E-state index contributed by atoms with van der Waals surface area (Å²) < 4.78 is 5.79. The van der Waals surface area contributed by atoms with Crippen molar-refractivity contribution in [1.82, 2.24) is 0 Å². The van der Waals surface area contributed by atoms with E-state index in [2.05, 4.69) is 13.2 Å². The van der Waals surface area contributed by atoms with Crippen LogP contribution in [0.1, 0.15) is 25.0 Å². The highest BCUT2D eigenvalue weighted by Crippen LogP contribution is 2.24. The second-order valence-corrected chi connectivity index (χ2v) is 4.71. The van der Waals surface area contributed by atoms with Crippen molar-refractivity contribution in [2.24, 2.45) is 0 Å². The summed E-state index contributed by atoms with van der Waals surface area (Å²) >= 11 is 0. The normalized spacial score (nSPS) is 10.0. The van der Waals surface area contributed by atoms with Gasteiger partial charge in [0.1, 0.15) is 11.5 Å². The summed E-state index contributed by atoms with van der Waals surface area (Å²) in [5.74, 6) is 1.65. The highest BCUT2D eigenvalue weighted by molar-refractivity contribution is 5.63. The summed E-state index contributed by atoms with van der Waals surface area (Å²) in [6.07, 6.45) is 0. The molecule has 0 unspecified atom stereocenters. The molecular weight excluding hydrogens is 232 g/mol. The molecule has 0 radical (unpaired) electrons. The molecule has 0 heterocycles. The maximum atomic E-state index is 5.79. The van der Waals surface area contributed by atoms with Crippen LogP contribution in [0.2, 0.25) is 0 Å². The Bertz CT molecular complexity index is 533. The summed E-state index contributed by atoms with van der Waals surface area (Å²) in [5.41, 5.74) is 4.37. The first-order chi connectivity index (χ1) is 9.06. The fourth-order valence-corrected chi connectivity index (χ4v) is 1.75. The van der Waals surface area contributed by atoms with E-state index < -0.39 is 0 Å². The molecule has 2 rings (SSSR count). The number of hydrogen-bond donors (Lipinski definition) is 0. The molecule has 2 aromatic carbocycles. The first kappa shape index (κ1) is 13.2. The lowest BCUT2D eigenvalue weighted by Gasteiger charge is -2.08. The Morgan fingerprint density at radius 3 is 1.26 bits per heavy atom. The number of benzene rings is 2. The highest BCUT2D eigenvalue weighted by Gasteiger charge is 1.99. The Morgan fingerprint density at radius 2 is 1.00 bits per heavy atom. The van der Waals surface area contributed by atoms with Gasteiger partial charge in [0, 0.05) is 0 Å². The molecule has 19 heavy (non-hydrogen) atoms. The molecule has 0 saturated heterocycles. The zero-order valence-electron chi connectivity index (χ0n) is 11.4. The molecule has 0 amide bonds. The minimum Gasteiger partial charge on any atom is -0.457 e. The fourth-order valence-electron chi connectivity index (χ4n) is 1.75. The van der Waals surface area contributed by atoms with Crippen molar-refractivity contribution in [3.8, 4) is 11.5 Å². The maximum Gasteiger partial charge on any atom is 0.127 e. The lowest BCUT2D eigenvalue weighted by atomic mass is 10.1. The summed E-state index contributed by atoms with van der Waals surface area (Å²) in [4.78, 5) is 0. The Balaban J connectivity index is 2.12. The van der Waals surface area contributed by atoms with Crippen LogP contribution in [0.3, 0.4) is 0 Å². The van der Waals surface area contributed by atoms with Crippen LogP contribution in [0.15, 0.2) is 61.7 Å². The predicted molar refractivity (Wildman–Crippen MR) is 82.4 cm³/mol. The zero-order valence-corrected chi connectivity index (χ0v) is 11.4. The van der Waals surface area contributed by atoms with Gasteiger partial charge in [-0.2, -0.15) is 0 Å². The van der Waals surface area contributed by atoms with Crippen molar-refractivity contribution in [2.45, 2.75) is 13.8 Å². The Hall–Kier alpha value is -2.28. The third-order valence-electron chi connectivity index (χ3n) is 2.93. The van der Waals surface area contributed by atoms with Crippen LogP contribution in [0.25, 0.3) is 11.1 Å². The van der Waals surface area contributed by atoms with E-state index in [1.165, 1.54) is 0 Å². The molecule has 0 aromatic heterocycles. The van der Waals surface area contributed by atoms with E-state index in [0.717, 1.165) is 33.8 Å². The van der Waals surface area contributed by atoms with Crippen LogP contribution in [0.4, 0.5) is 0 Å². The van der Waals surface area contributed by atoms with Gasteiger partial charge >= 0.3 is 0 Å². The third-order valence-corrected chi connectivity index (χ3v) is 2.93. The summed E-state index contributed by atoms with van der Waals surface area (Å²) in [6.45, 7) is 11.8. The molecule has 0 atom stereocenters. The second kappa shape index (κ2) is 5.57. The largest absolute Gasteiger partial charge is 0.457 e. The molecule has 0 aliphatic carbocycles. The molecule has 2 aromatic rings. The smallest absolute Gasteiger partial charge is 0.127 e. The predicted octanol–water partition coefficient (Wildman–Crippen LogP) is 5.55. The van der Waals surface area contributed by atoms with Crippen LogP contribution in [0.5, 0.6) is 11.5 Å². The number of ether oxygens (including phenoxy) is 1. The molecular formula is C18H18O. The molecule has 0 spiro atoms. The highest BCUT2D eigenvalue weighted by atomic mass is 16.5. The van der Waals surface area contributed by atoms with Crippen LogP contribution < -0.4 is 4.74 Å². The van der Waals surface area contributed by atoms with Gasteiger partial charge in [-0.15, -0.1) is 0 Å². The molecule has 1 heteroatoms. The molecule has 96 valence electrons. The Morgan fingerprint density at radius 1 is 0.684 bits per heavy atom. The molecule has 0 bridgehead atoms. The molecule has 0 saturated carbocycles. The van der Waals surface area contributed by atoms with Crippen LogP contribution in [-0.2, 0) is 0 Å². The van der Waals surface area contributed by atoms with E-state index in [9.17, 15) is 0 Å². The van der Waals surface area contributed by atoms with E-state index >= 15 is 0 Å². The van der Waals surface area contributed by atoms with Gasteiger partial charge in [-0.25, -0.2) is 0 Å². The Kier molecular flexibility index (Phi) is 3.86. The van der Waals surface area contributed by atoms with Crippen molar-refractivity contribution in [1.29, 1.82) is 0 Å². The van der Waals surface area contributed by atoms with Gasteiger partial charge in [-0.05, 0) is 49.2 Å². The van der Waals surface area contributed by atoms with Gasteiger partial charge in [0.25, 0.3) is 0 Å². The second-order valence-electron chi connectivity index (χ2n) is 4.71. The summed E-state index contributed by atoms with van der Waals surface area (Å²) in [7, 11) is 0. The van der Waals surface area contributed by atoms with E-state index in [1.807, 2.05) is 62.4 Å². The Labute approximate surface area is 114 Å². The zero-order chi connectivity index (χ0) is 13.8. The van der Waals surface area contributed by atoms with Gasteiger partial charge in [-0.1, -0.05) is 48.6 Å². The van der Waals surface area contributed by atoms with Crippen LogP contribution in [0, 0.1) is 0 Å². The topological polar surface area (TPSA) is 9.23 Å². The standard InChI is InChI=1S/C18H18O/c1-13(2)15-5-9-17(10-6-15)19-18-11-7-16(8-12-18)14(3)4/h5-12H,1,3H2,2,4H3. The third kappa shape index (κ3) is 3.35. The number of hydrogen-bond acceptors (Lipinski definition) is 1. The molecule has 1 nitrogen and oxygen atoms in total. The lowest BCUT2D eigenvalue weighted by Crippen LogP contribution is -1.86. The van der Waals surface area contributed by atoms with E-state index in [4.69, 9.17) is 4.74 Å².